The summed E-state index contributed by atoms with van der Waals surface area (Å²) in [5.41, 5.74) is 0.632. The normalized spacial score (nSPS) is 13.9. The number of pyridine rings is 1. The second-order valence-corrected chi connectivity index (χ2v) is 6.82. The Labute approximate surface area is 166 Å². The lowest BCUT2D eigenvalue weighted by molar-refractivity contribution is 0.102. The van der Waals surface area contributed by atoms with Crippen molar-refractivity contribution in [1.29, 1.82) is 0 Å². The molecule has 0 spiro atoms. The van der Waals surface area contributed by atoms with Gasteiger partial charge >= 0.3 is 0 Å². The zero-order valence-corrected chi connectivity index (χ0v) is 15.7. The Kier molecular flexibility index (Phi) is 5.33. The molecule has 1 aliphatic heterocycles. The van der Waals surface area contributed by atoms with Crippen molar-refractivity contribution in [2.24, 2.45) is 0 Å². The van der Waals surface area contributed by atoms with Gasteiger partial charge in [0.2, 0.25) is 0 Å². The fourth-order valence-corrected chi connectivity index (χ4v) is 3.34. The van der Waals surface area contributed by atoms with Crippen LogP contribution in [0.3, 0.4) is 0 Å². The number of anilines is 2. The van der Waals surface area contributed by atoms with Crippen molar-refractivity contribution in [2.45, 2.75) is 19.3 Å². The van der Waals surface area contributed by atoms with Crippen LogP contribution in [0.5, 0.6) is 0 Å². The van der Waals surface area contributed by atoms with E-state index < -0.39 is 17.3 Å². The summed E-state index contributed by atoms with van der Waals surface area (Å²) in [5.74, 6) is -0.142. The van der Waals surface area contributed by atoms with E-state index in [-0.39, 0.29) is 5.69 Å². The summed E-state index contributed by atoms with van der Waals surface area (Å²) in [7, 11) is 0. The van der Waals surface area contributed by atoms with Crippen LogP contribution in [-0.4, -0.2) is 33.8 Å². The van der Waals surface area contributed by atoms with Gasteiger partial charge in [0.15, 0.2) is 5.82 Å². The minimum atomic E-state index is -0.452. The van der Waals surface area contributed by atoms with Crippen molar-refractivity contribution in [3.05, 3.63) is 76.6 Å². The Morgan fingerprint density at radius 2 is 1.76 bits per heavy atom. The average molecular weight is 393 g/mol. The van der Waals surface area contributed by atoms with Crippen molar-refractivity contribution in [3.63, 3.8) is 0 Å². The first-order valence-electron chi connectivity index (χ1n) is 9.49. The van der Waals surface area contributed by atoms with Gasteiger partial charge in [0, 0.05) is 25.4 Å². The number of hydrogen-bond acceptors (Lipinski definition) is 5. The van der Waals surface area contributed by atoms with Crippen LogP contribution in [0.15, 0.2) is 59.5 Å². The van der Waals surface area contributed by atoms with Crippen LogP contribution in [0, 0.1) is 5.82 Å². The lowest BCUT2D eigenvalue weighted by atomic mass is 10.1. The molecule has 29 heavy (non-hydrogen) atoms. The Morgan fingerprint density at radius 3 is 2.52 bits per heavy atom. The third-order valence-electron chi connectivity index (χ3n) is 4.79. The van der Waals surface area contributed by atoms with E-state index >= 15 is 0 Å². The maximum atomic E-state index is 13.2. The Hall–Kier alpha value is -3.55. The van der Waals surface area contributed by atoms with Gasteiger partial charge in [-0.1, -0.05) is 0 Å². The summed E-state index contributed by atoms with van der Waals surface area (Å²) >= 11 is 0. The Bertz CT molecular complexity index is 1070. The highest BCUT2D eigenvalue weighted by molar-refractivity contribution is 6.04. The number of nitrogens with one attached hydrogen (secondary N) is 1. The highest BCUT2D eigenvalue weighted by atomic mass is 19.1. The molecule has 4 rings (SSSR count). The molecule has 1 aliphatic rings. The van der Waals surface area contributed by atoms with Crippen molar-refractivity contribution >= 4 is 17.4 Å². The lowest BCUT2D eigenvalue weighted by Gasteiger charge is -2.29. The zero-order valence-electron chi connectivity index (χ0n) is 15.7. The van der Waals surface area contributed by atoms with Crippen LogP contribution in [0.1, 0.15) is 29.8 Å². The number of halogens is 1. The molecule has 1 aromatic carbocycles. The highest BCUT2D eigenvalue weighted by Crippen LogP contribution is 2.26. The minimum absolute atomic E-state index is 0.0716. The zero-order chi connectivity index (χ0) is 20.2. The number of nitrogens with zero attached hydrogens (tertiary/aromatic N) is 4. The predicted molar refractivity (Wildman–Crippen MR) is 108 cm³/mol. The first-order valence-corrected chi connectivity index (χ1v) is 9.49. The number of hydrogen-bond donors (Lipinski definition) is 1. The molecular weight excluding hydrogens is 373 g/mol. The molecule has 0 unspecified atom stereocenters. The topological polar surface area (TPSA) is 80.1 Å². The van der Waals surface area contributed by atoms with E-state index in [1.165, 1.54) is 42.8 Å². The van der Waals surface area contributed by atoms with E-state index in [1.54, 1.807) is 18.3 Å². The fourth-order valence-electron chi connectivity index (χ4n) is 3.34. The van der Waals surface area contributed by atoms with Crippen molar-refractivity contribution in [3.8, 4) is 5.69 Å². The third kappa shape index (κ3) is 4.16. The number of carbonyl (C=O) groups excluding carboxylic acids is 1. The third-order valence-corrected chi connectivity index (χ3v) is 4.79. The van der Waals surface area contributed by atoms with Gasteiger partial charge in [-0.2, -0.15) is 9.78 Å². The van der Waals surface area contributed by atoms with E-state index in [1.807, 2.05) is 0 Å². The summed E-state index contributed by atoms with van der Waals surface area (Å²) in [6, 6.07) is 11.5. The van der Waals surface area contributed by atoms with Gasteiger partial charge in [0.25, 0.3) is 11.5 Å². The van der Waals surface area contributed by atoms with E-state index in [0.717, 1.165) is 36.4 Å². The molecule has 148 valence electrons. The number of piperidine rings is 1. The fraction of sp³-hybridized carbons (Fsp3) is 0.238. The van der Waals surface area contributed by atoms with Crippen LogP contribution in [0.4, 0.5) is 15.9 Å². The molecule has 0 radical (unpaired) electrons. The van der Waals surface area contributed by atoms with E-state index in [9.17, 15) is 14.0 Å². The standard InChI is InChI=1S/C21H20FN5O2/c22-15-6-8-16(9-7-15)27-19(28)11-10-18(25-27)21(29)24-17-5-4-12-23-20(17)26-13-2-1-3-14-26/h4-12H,1-3,13-14H2,(H,24,29). The number of aromatic nitrogens is 3. The van der Waals surface area contributed by atoms with Gasteiger partial charge < -0.3 is 10.2 Å². The average Bonchev–Trinajstić information content (AvgIpc) is 2.76. The molecule has 2 aromatic heterocycles. The van der Waals surface area contributed by atoms with E-state index in [0.29, 0.717) is 11.4 Å². The first-order chi connectivity index (χ1) is 14.1. The van der Waals surface area contributed by atoms with Crippen LogP contribution in [0.25, 0.3) is 5.69 Å². The second-order valence-electron chi connectivity index (χ2n) is 6.82. The monoisotopic (exact) mass is 393 g/mol. The SMILES string of the molecule is O=C(Nc1cccnc1N1CCCCC1)c1ccc(=O)n(-c2ccc(F)cc2)n1. The van der Waals surface area contributed by atoms with Gasteiger partial charge in [-0.3, -0.25) is 9.59 Å². The Balaban J connectivity index is 1.61. The van der Waals surface area contributed by atoms with Crippen molar-refractivity contribution < 1.29 is 9.18 Å². The highest BCUT2D eigenvalue weighted by Gasteiger charge is 2.18. The summed E-state index contributed by atoms with van der Waals surface area (Å²) in [6.45, 7) is 1.79. The first kappa shape index (κ1) is 18.8. The molecular formula is C21H20FN5O2. The molecule has 0 atom stereocenters. The lowest BCUT2D eigenvalue weighted by Crippen LogP contribution is -2.31. The number of rotatable bonds is 4. The Morgan fingerprint density at radius 1 is 1.00 bits per heavy atom. The molecule has 0 saturated carbocycles. The molecule has 7 nitrogen and oxygen atoms in total. The largest absolute Gasteiger partial charge is 0.355 e. The van der Waals surface area contributed by atoms with Crippen LogP contribution in [-0.2, 0) is 0 Å². The maximum absolute atomic E-state index is 13.2. The summed E-state index contributed by atoms with van der Waals surface area (Å²) in [5, 5.41) is 7.00. The smallest absolute Gasteiger partial charge is 0.276 e. The molecule has 0 bridgehead atoms. The van der Waals surface area contributed by atoms with Crippen LogP contribution < -0.4 is 15.8 Å². The predicted octanol–water partition coefficient (Wildman–Crippen LogP) is 3.01. The minimum Gasteiger partial charge on any atom is -0.355 e. The van der Waals surface area contributed by atoms with Crippen molar-refractivity contribution in [2.75, 3.05) is 23.3 Å². The van der Waals surface area contributed by atoms with Crippen molar-refractivity contribution in [1.82, 2.24) is 14.8 Å². The number of carbonyl (C=O) groups is 1. The molecule has 3 heterocycles. The molecule has 0 aliphatic carbocycles. The number of amides is 1. The van der Waals surface area contributed by atoms with Gasteiger partial charge in [0.05, 0.1) is 11.4 Å². The van der Waals surface area contributed by atoms with Gasteiger partial charge in [0.1, 0.15) is 11.5 Å². The quantitative estimate of drug-likeness (QED) is 0.737. The van der Waals surface area contributed by atoms with Gasteiger partial charge in [-0.25, -0.2) is 9.37 Å². The van der Waals surface area contributed by atoms with Crippen LogP contribution >= 0.6 is 0 Å². The van der Waals surface area contributed by atoms with E-state index in [4.69, 9.17) is 0 Å². The van der Waals surface area contributed by atoms with E-state index in [2.05, 4.69) is 20.3 Å². The number of benzene rings is 1. The summed E-state index contributed by atoms with van der Waals surface area (Å²) < 4.78 is 14.2. The molecule has 1 N–H and O–H groups in total. The molecule has 1 amide bonds. The molecule has 1 saturated heterocycles. The maximum Gasteiger partial charge on any atom is 0.276 e. The van der Waals surface area contributed by atoms with Gasteiger partial charge in [-0.15, -0.1) is 0 Å². The molecule has 3 aromatic rings. The molecule has 8 heteroatoms. The summed E-state index contributed by atoms with van der Waals surface area (Å²) in [6.07, 6.45) is 5.08. The summed E-state index contributed by atoms with van der Waals surface area (Å²) in [4.78, 5) is 31.6. The molecule has 1 fully saturated rings. The van der Waals surface area contributed by atoms with Gasteiger partial charge in [-0.05, 0) is 61.7 Å². The van der Waals surface area contributed by atoms with Crippen LogP contribution in [0.2, 0.25) is 0 Å². The second kappa shape index (κ2) is 8.22.